The summed E-state index contributed by atoms with van der Waals surface area (Å²) in [6, 6.07) is 14.5. The lowest BCUT2D eigenvalue weighted by atomic mass is 10.1. The fourth-order valence-electron chi connectivity index (χ4n) is 3.30. The van der Waals surface area contributed by atoms with Gasteiger partial charge in [-0.05, 0) is 49.2 Å². The summed E-state index contributed by atoms with van der Waals surface area (Å²) >= 11 is 0. The van der Waals surface area contributed by atoms with Gasteiger partial charge in [-0.1, -0.05) is 18.2 Å². The van der Waals surface area contributed by atoms with Crippen LogP contribution >= 0.6 is 0 Å². The lowest BCUT2D eigenvalue weighted by Gasteiger charge is -2.15. The van der Waals surface area contributed by atoms with E-state index in [4.69, 9.17) is 18.6 Å². The van der Waals surface area contributed by atoms with E-state index in [1.807, 2.05) is 37.3 Å². The predicted molar refractivity (Wildman–Crippen MR) is 122 cm³/mol. The Morgan fingerprint density at radius 2 is 1.78 bits per heavy atom. The molecule has 0 saturated carbocycles. The Kier molecular flexibility index (Phi) is 7.94. The van der Waals surface area contributed by atoms with E-state index in [9.17, 15) is 9.00 Å². The van der Waals surface area contributed by atoms with Gasteiger partial charge in [-0.25, -0.2) is 0 Å². The molecule has 1 atom stereocenters. The lowest BCUT2D eigenvalue weighted by Crippen LogP contribution is -2.25. The maximum atomic E-state index is 12.6. The lowest BCUT2D eigenvalue weighted by molar-refractivity contribution is 0.0925. The van der Waals surface area contributed by atoms with Gasteiger partial charge in [0.05, 0.1) is 37.9 Å². The maximum Gasteiger partial charge on any atom is 0.287 e. The monoisotopic (exact) mass is 457 g/mol. The summed E-state index contributed by atoms with van der Waals surface area (Å²) in [7, 11) is 3.42. The molecule has 0 unspecified atom stereocenters. The van der Waals surface area contributed by atoms with Crippen molar-refractivity contribution in [3.63, 3.8) is 0 Å². The number of aryl methyl sites for hydroxylation is 1. The van der Waals surface area contributed by atoms with Crippen molar-refractivity contribution in [1.29, 1.82) is 0 Å². The Morgan fingerprint density at radius 3 is 2.47 bits per heavy atom. The first kappa shape index (κ1) is 23.4. The van der Waals surface area contributed by atoms with Gasteiger partial charge in [0.1, 0.15) is 5.76 Å². The summed E-state index contributed by atoms with van der Waals surface area (Å²) in [5.74, 6) is 2.20. The summed E-state index contributed by atoms with van der Waals surface area (Å²) in [5, 5.41) is 2.83. The van der Waals surface area contributed by atoms with Gasteiger partial charge in [-0.15, -0.1) is 0 Å². The standard InChI is InChI=1S/C24H27NO6S/c1-16-6-5-7-19(14-16)32(27)15-18-9-11-21(31-18)24(26)25-13-12-17-8-10-20(28-2)23(30-4)22(17)29-3/h5-11,14H,12-13,15H2,1-4H3,(H,25,26)/t32-/m0/s1. The summed E-state index contributed by atoms with van der Waals surface area (Å²) in [6.07, 6.45) is 0.528. The van der Waals surface area contributed by atoms with Gasteiger partial charge in [-0.2, -0.15) is 0 Å². The minimum absolute atomic E-state index is 0.181. The number of methoxy groups -OCH3 is 3. The van der Waals surface area contributed by atoms with Crippen LogP contribution in [0.4, 0.5) is 0 Å². The molecule has 0 aliphatic carbocycles. The molecule has 1 N–H and O–H groups in total. The number of hydrogen-bond donors (Lipinski definition) is 1. The molecule has 0 saturated heterocycles. The number of furan rings is 1. The van der Waals surface area contributed by atoms with Crippen molar-refractivity contribution < 1.29 is 27.6 Å². The third-order valence-corrected chi connectivity index (χ3v) is 6.20. The van der Waals surface area contributed by atoms with Gasteiger partial charge in [0.25, 0.3) is 5.91 Å². The average molecular weight is 458 g/mol. The van der Waals surface area contributed by atoms with Crippen LogP contribution in [0.15, 0.2) is 57.8 Å². The molecular formula is C24H27NO6S. The minimum atomic E-state index is -1.25. The topological polar surface area (TPSA) is 87.0 Å². The third-order valence-electron chi connectivity index (χ3n) is 4.88. The van der Waals surface area contributed by atoms with E-state index >= 15 is 0 Å². The number of rotatable bonds is 10. The maximum absolute atomic E-state index is 12.6. The number of hydrogen-bond acceptors (Lipinski definition) is 6. The van der Waals surface area contributed by atoms with E-state index in [1.165, 1.54) is 0 Å². The van der Waals surface area contributed by atoms with Crippen molar-refractivity contribution >= 4 is 16.7 Å². The second kappa shape index (κ2) is 10.9. The number of ether oxygens (including phenoxy) is 3. The molecule has 0 aliphatic rings. The van der Waals surface area contributed by atoms with E-state index < -0.39 is 10.8 Å². The summed E-state index contributed by atoms with van der Waals surface area (Å²) in [4.78, 5) is 13.2. The summed E-state index contributed by atoms with van der Waals surface area (Å²) in [5.41, 5.74) is 1.92. The molecule has 7 nitrogen and oxygen atoms in total. The molecule has 3 aromatic rings. The van der Waals surface area contributed by atoms with Gasteiger partial charge in [0.15, 0.2) is 17.3 Å². The first-order valence-electron chi connectivity index (χ1n) is 10.1. The van der Waals surface area contributed by atoms with Crippen LogP contribution in [0.2, 0.25) is 0 Å². The zero-order valence-corrected chi connectivity index (χ0v) is 19.4. The van der Waals surface area contributed by atoms with Crippen molar-refractivity contribution in [3.05, 3.63) is 71.2 Å². The van der Waals surface area contributed by atoms with Gasteiger partial charge >= 0.3 is 0 Å². The van der Waals surface area contributed by atoms with Crippen LogP contribution in [0.1, 0.15) is 27.4 Å². The molecule has 0 bridgehead atoms. The molecule has 1 aromatic heterocycles. The van der Waals surface area contributed by atoms with Gasteiger partial charge in [-0.3, -0.25) is 9.00 Å². The number of carbonyl (C=O) groups excluding carboxylic acids is 1. The second-order valence-corrected chi connectivity index (χ2v) is 8.52. The zero-order valence-electron chi connectivity index (χ0n) is 18.6. The number of amides is 1. The third kappa shape index (κ3) is 5.50. The Balaban J connectivity index is 1.58. The summed E-state index contributed by atoms with van der Waals surface area (Å²) in [6.45, 7) is 2.32. The summed E-state index contributed by atoms with van der Waals surface area (Å²) < 4.78 is 34.3. The van der Waals surface area contributed by atoms with Crippen LogP contribution in [-0.4, -0.2) is 38.0 Å². The van der Waals surface area contributed by atoms with E-state index in [0.29, 0.717) is 36.0 Å². The first-order valence-corrected chi connectivity index (χ1v) is 11.4. The molecular weight excluding hydrogens is 430 g/mol. The number of carbonyl (C=O) groups is 1. The minimum Gasteiger partial charge on any atom is -0.493 e. The molecule has 0 aliphatic heterocycles. The Bertz CT molecular complexity index is 1110. The molecule has 1 amide bonds. The highest BCUT2D eigenvalue weighted by Gasteiger charge is 2.17. The van der Waals surface area contributed by atoms with E-state index in [1.54, 1.807) is 39.5 Å². The predicted octanol–water partition coefficient (Wildman–Crippen LogP) is 3.89. The van der Waals surface area contributed by atoms with Gasteiger partial charge < -0.3 is 23.9 Å². The van der Waals surface area contributed by atoms with Crippen molar-refractivity contribution in [3.8, 4) is 17.2 Å². The Morgan fingerprint density at radius 1 is 1.00 bits per heavy atom. The van der Waals surface area contributed by atoms with E-state index in [-0.39, 0.29) is 17.4 Å². The van der Waals surface area contributed by atoms with Crippen LogP contribution in [-0.2, 0) is 23.0 Å². The fourth-order valence-corrected chi connectivity index (χ4v) is 4.43. The Hall–Kier alpha value is -3.26. The first-order chi connectivity index (χ1) is 15.5. The van der Waals surface area contributed by atoms with Crippen LogP contribution < -0.4 is 19.5 Å². The number of nitrogens with one attached hydrogen (secondary N) is 1. The van der Waals surface area contributed by atoms with Crippen LogP contribution in [0.25, 0.3) is 0 Å². The van der Waals surface area contributed by atoms with Gasteiger partial charge in [0.2, 0.25) is 5.75 Å². The SMILES string of the molecule is COc1ccc(CCNC(=O)c2ccc(C[S@](=O)c3cccc(C)c3)o2)c(OC)c1OC. The highest BCUT2D eigenvalue weighted by atomic mass is 32.2. The van der Waals surface area contributed by atoms with Crippen molar-refractivity contribution in [1.82, 2.24) is 5.32 Å². The molecule has 0 fully saturated rings. The molecule has 8 heteroatoms. The molecule has 3 rings (SSSR count). The van der Waals surface area contributed by atoms with Gasteiger partial charge in [0, 0.05) is 17.0 Å². The quantitative estimate of drug-likeness (QED) is 0.497. The molecule has 170 valence electrons. The van der Waals surface area contributed by atoms with Crippen LogP contribution in [0, 0.1) is 6.92 Å². The zero-order chi connectivity index (χ0) is 23.1. The fraction of sp³-hybridized carbons (Fsp3) is 0.292. The van der Waals surface area contributed by atoms with Crippen molar-refractivity contribution in [2.24, 2.45) is 0 Å². The largest absolute Gasteiger partial charge is 0.493 e. The Labute approximate surface area is 190 Å². The molecule has 32 heavy (non-hydrogen) atoms. The van der Waals surface area contributed by atoms with Crippen LogP contribution in [0.5, 0.6) is 17.2 Å². The molecule has 0 spiro atoms. The molecule has 2 aromatic carbocycles. The molecule has 0 radical (unpaired) electrons. The van der Waals surface area contributed by atoms with E-state index in [2.05, 4.69) is 5.32 Å². The highest BCUT2D eigenvalue weighted by Crippen LogP contribution is 2.39. The normalized spacial score (nSPS) is 11.6. The molecule has 1 heterocycles. The number of benzene rings is 2. The van der Waals surface area contributed by atoms with Crippen molar-refractivity contribution in [2.45, 2.75) is 24.0 Å². The van der Waals surface area contributed by atoms with Crippen molar-refractivity contribution in [2.75, 3.05) is 27.9 Å². The second-order valence-electron chi connectivity index (χ2n) is 7.07. The smallest absolute Gasteiger partial charge is 0.287 e. The average Bonchev–Trinajstić information content (AvgIpc) is 3.26. The highest BCUT2D eigenvalue weighted by molar-refractivity contribution is 7.84. The van der Waals surface area contributed by atoms with Crippen LogP contribution in [0.3, 0.4) is 0 Å². The van der Waals surface area contributed by atoms with E-state index in [0.717, 1.165) is 16.0 Å².